The highest BCUT2D eigenvalue weighted by molar-refractivity contribution is 5.75. The molecule has 4 nitrogen and oxygen atoms in total. The second kappa shape index (κ2) is 6.63. The molecule has 0 aliphatic carbocycles. The number of nitrogens with two attached hydrogens (primary N) is 1. The first kappa shape index (κ1) is 14.0. The lowest BCUT2D eigenvalue weighted by Gasteiger charge is -2.31. The van der Waals surface area contributed by atoms with Crippen molar-refractivity contribution in [1.29, 1.82) is 0 Å². The summed E-state index contributed by atoms with van der Waals surface area (Å²) in [5.74, 6) is -0.445. The lowest BCUT2D eigenvalue weighted by Crippen LogP contribution is -2.45. The van der Waals surface area contributed by atoms with E-state index in [0.29, 0.717) is 24.7 Å². The molecule has 0 radical (unpaired) electrons. The third-order valence-electron chi connectivity index (χ3n) is 3.51. The van der Waals surface area contributed by atoms with Crippen molar-refractivity contribution in [2.75, 3.05) is 19.6 Å². The maximum atomic E-state index is 13.4. The molecule has 1 aromatic carbocycles. The lowest BCUT2D eigenvalue weighted by molar-refractivity contribution is -0.119. The van der Waals surface area contributed by atoms with Gasteiger partial charge in [0.1, 0.15) is 5.82 Å². The Morgan fingerprint density at radius 2 is 2.05 bits per heavy atom. The predicted octanol–water partition coefficient (Wildman–Crippen LogP) is 0.865. The molecule has 0 atom stereocenters. The van der Waals surface area contributed by atoms with Gasteiger partial charge in [0.2, 0.25) is 5.91 Å². The third-order valence-corrected chi connectivity index (χ3v) is 3.51. The number of rotatable bonds is 5. The van der Waals surface area contributed by atoms with Crippen molar-refractivity contribution in [3.05, 3.63) is 35.6 Å². The molecule has 0 saturated carbocycles. The van der Waals surface area contributed by atoms with Gasteiger partial charge in [0.05, 0.1) is 6.54 Å². The molecule has 1 amide bonds. The van der Waals surface area contributed by atoms with Crippen molar-refractivity contribution in [2.45, 2.75) is 25.4 Å². The summed E-state index contributed by atoms with van der Waals surface area (Å²) < 4.78 is 13.4. The van der Waals surface area contributed by atoms with Crippen molar-refractivity contribution in [3.63, 3.8) is 0 Å². The van der Waals surface area contributed by atoms with Crippen LogP contribution in [0.3, 0.4) is 0 Å². The first-order valence-electron chi connectivity index (χ1n) is 6.62. The zero-order valence-corrected chi connectivity index (χ0v) is 10.9. The number of primary amides is 1. The monoisotopic (exact) mass is 265 g/mol. The van der Waals surface area contributed by atoms with E-state index < -0.39 is 0 Å². The van der Waals surface area contributed by atoms with Crippen LogP contribution in [0.25, 0.3) is 0 Å². The van der Waals surface area contributed by atoms with E-state index in [0.717, 1.165) is 25.9 Å². The molecule has 0 bridgehead atoms. The van der Waals surface area contributed by atoms with E-state index in [1.54, 1.807) is 12.1 Å². The molecule has 1 fully saturated rings. The summed E-state index contributed by atoms with van der Waals surface area (Å²) >= 11 is 0. The number of piperidine rings is 1. The molecular formula is C14H20FN3O. The summed E-state index contributed by atoms with van der Waals surface area (Å²) in [7, 11) is 0. The average Bonchev–Trinajstić information content (AvgIpc) is 2.39. The molecule has 3 N–H and O–H groups in total. The average molecular weight is 265 g/mol. The fraction of sp³-hybridized carbons (Fsp3) is 0.500. The van der Waals surface area contributed by atoms with Crippen LogP contribution in [0.15, 0.2) is 24.3 Å². The second-order valence-electron chi connectivity index (χ2n) is 4.99. The normalized spacial score (nSPS) is 17.5. The first-order valence-corrected chi connectivity index (χ1v) is 6.62. The number of nitrogens with one attached hydrogen (secondary N) is 1. The summed E-state index contributed by atoms with van der Waals surface area (Å²) in [4.78, 5) is 12.9. The summed E-state index contributed by atoms with van der Waals surface area (Å²) in [6.45, 7) is 2.60. The molecule has 1 aromatic rings. The van der Waals surface area contributed by atoms with Gasteiger partial charge in [0.25, 0.3) is 0 Å². The van der Waals surface area contributed by atoms with E-state index in [1.807, 2.05) is 6.07 Å². The van der Waals surface area contributed by atoms with Crippen LogP contribution in [0.2, 0.25) is 0 Å². The van der Waals surface area contributed by atoms with Crippen molar-refractivity contribution in [1.82, 2.24) is 10.2 Å². The van der Waals surface area contributed by atoms with E-state index >= 15 is 0 Å². The summed E-state index contributed by atoms with van der Waals surface area (Å²) in [5.41, 5.74) is 5.87. The Hall–Kier alpha value is -1.46. The minimum atomic E-state index is -0.280. The van der Waals surface area contributed by atoms with E-state index in [-0.39, 0.29) is 11.7 Å². The minimum Gasteiger partial charge on any atom is -0.369 e. The van der Waals surface area contributed by atoms with Gasteiger partial charge >= 0.3 is 0 Å². The van der Waals surface area contributed by atoms with Crippen LogP contribution in [0, 0.1) is 5.82 Å². The topological polar surface area (TPSA) is 58.4 Å². The standard InChI is InChI=1S/C14H20FN3O/c15-13-4-2-1-3-11(13)9-17-12-5-7-18(8-6-12)10-14(16)19/h1-4,12,17H,5-10H2,(H2,16,19). The van der Waals surface area contributed by atoms with Crippen LogP contribution >= 0.6 is 0 Å². The van der Waals surface area contributed by atoms with E-state index in [2.05, 4.69) is 10.2 Å². The number of likely N-dealkylation sites (tertiary alicyclic amines) is 1. The number of nitrogens with zero attached hydrogens (tertiary/aromatic N) is 1. The van der Waals surface area contributed by atoms with Gasteiger partial charge in [-0.05, 0) is 18.9 Å². The number of benzene rings is 1. The Kier molecular flexibility index (Phi) is 4.87. The summed E-state index contributed by atoms with van der Waals surface area (Å²) in [6.07, 6.45) is 1.92. The zero-order chi connectivity index (χ0) is 13.7. The number of halogens is 1. The highest BCUT2D eigenvalue weighted by Gasteiger charge is 2.19. The van der Waals surface area contributed by atoms with Crippen LogP contribution in [-0.2, 0) is 11.3 Å². The quantitative estimate of drug-likeness (QED) is 0.830. The Labute approximate surface area is 112 Å². The van der Waals surface area contributed by atoms with Gasteiger partial charge in [-0.25, -0.2) is 4.39 Å². The zero-order valence-electron chi connectivity index (χ0n) is 10.9. The number of hydrogen-bond donors (Lipinski definition) is 2. The molecule has 5 heteroatoms. The Morgan fingerprint density at radius 3 is 2.68 bits per heavy atom. The second-order valence-corrected chi connectivity index (χ2v) is 4.99. The molecule has 2 rings (SSSR count). The number of hydrogen-bond acceptors (Lipinski definition) is 3. The fourth-order valence-corrected chi connectivity index (χ4v) is 2.41. The summed E-state index contributed by atoms with van der Waals surface area (Å²) in [5, 5.41) is 3.37. The van der Waals surface area contributed by atoms with Crippen molar-refractivity contribution < 1.29 is 9.18 Å². The highest BCUT2D eigenvalue weighted by atomic mass is 19.1. The highest BCUT2D eigenvalue weighted by Crippen LogP contribution is 2.12. The molecule has 19 heavy (non-hydrogen) atoms. The molecule has 1 aliphatic heterocycles. The molecule has 1 saturated heterocycles. The maximum Gasteiger partial charge on any atom is 0.231 e. The first-order chi connectivity index (χ1) is 9.15. The number of carbonyl (C=O) groups is 1. The predicted molar refractivity (Wildman–Crippen MR) is 71.9 cm³/mol. The van der Waals surface area contributed by atoms with Crippen molar-refractivity contribution in [3.8, 4) is 0 Å². The molecule has 1 heterocycles. The van der Waals surface area contributed by atoms with E-state index in [1.165, 1.54) is 6.07 Å². The van der Waals surface area contributed by atoms with Crippen LogP contribution in [0.5, 0.6) is 0 Å². The molecule has 104 valence electrons. The lowest BCUT2D eigenvalue weighted by atomic mass is 10.0. The maximum absolute atomic E-state index is 13.4. The van der Waals surface area contributed by atoms with Crippen molar-refractivity contribution in [2.24, 2.45) is 5.73 Å². The van der Waals surface area contributed by atoms with E-state index in [9.17, 15) is 9.18 Å². The van der Waals surface area contributed by atoms with Crippen molar-refractivity contribution >= 4 is 5.91 Å². The van der Waals surface area contributed by atoms with Gasteiger partial charge in [-0.3, -0.25) is 9.69 Å². The molecule has 0 spiro atoms. The van der Waals surface area contributed by atoms with Gasteiger partial charge in [-0.1, -0.05) is 18.2 Å². The van der Waals surface area contributed by atoms with Gasteiger partial charge in [-0.15, -0.1) is 0 Å². The SMILES string of the molecule is NC(=O)CN1CCC(NCc2ccccc2F)CC1. The Balaban J connectivity index is 1.74. The largest absolute Gasteiger partial charge is 0.369 e. The van der Waals surface area contributed by atoms with Gasteiger partial charge in [0.15, 0.2) is 0 Å². The Bertz CT molecular complexity index is 430. The fourth-order valence-electron chi connectivity index (χ4n) is 2.41. The number of amides is 1. The van der Waals surface area contributed by atoms with Crippen LogP contribution in [0.4, 0.5) is 4.39 Å². The smallest absolute Gasteiger partial charge is 0.231 e. The molecule has 1 aliphatic rings. The Morgan fingerprint density at radius 1 is 1.37 bits per heavy atom. The molecular weight excluding hydrogens is 245 g/mol. The molecule has 0 unspecified atom stereocenters. The van der Waals surface area contributed by atoms with Crippen LogP contribution < -0.4 is 11.1 Å². The molecule has 0 aromatic heterocycles. The summed E-state index contributed by atoms with van der Waals surface area (Å²) in [6, 6.07) is 7.19. The van der Waals surface area contributed by atoms with Crippen LogP contribution in [-0.4, -0.2) is 36.5 Å². The minimum absolute atomic E-state index is 0.166. The van der Waals surface area contributed by atoms with Crippen LogP contribution in [0.1, 0.15) is 18.4 Å². The third kappa shape index (κ3) is 4.29. The van der Waals surface area contributed by atoms with Gasteiger partial charge in [-0.2, -0.15) is 0 Å². The van der Waals surface area contributed by atoms with Gasteiger partial charge in [0, 0.05) is 31.2 Å². The van der Waals surface area contributed by atoms with Gasteiger partial charge < -0.3 is 11.1 Å². The number of carbonyl (C=O) groups excluding carboxylic acids is 1. The van der Waals surface area contributed by atoms with E-state index in [4.69, 9.17) is 5.73 Å².